The molecule has 1 aromatic rings. The fraction of sp³-hybridized carbons (Fsp3) is 0.400. The SMILES string of the molecule is CCN(CCO)S(=O)(=O)c1ccccc1[N+](=O)[O-]. The van der Waals surface area contributed by atoms with Gasteiger partial charge in [-0.3, -0.25) is 10.1 Å². The Balaban J connectivity index is 3.32. The van der Waals surface area contributed by atoms with Crippen LogP contribution in [0.3, 0.4) is 0 Å². The molecule has 0 bridgehead atoms. The van der Waals surface area contributed by atoms with Crippen LogP contribution in [0.4, 0.5) is 5.69 Å². The number of likely N-dealkylation sites (N-methyl/N-ethyl adjacent to an activating group) is 1. The van der Waals surface area contributed by atoms with Crippen LogP contribution in [0.15, 0.2) is 29.2 Å². The van der Waals surface area contributed by atoms with Crippen molar-refractivity contribution in [1.82, 2.24) is 4.31 Å². The van der Waals surface area contributed by atoms with Crippen molar-refractivity contribution in [1.29, 1.82) is 0 Å². The topological polar surface area (TPSA) is 101 Å². The molecule has 0 heterocycles. The van der Waals surface area contributed by atoms with Crippen LogP contribution in [-0.4, -0.2) is 42.4 Å². The average molecular weight is 274 g/mol. The van der Waals surface area contributed by atoms with Crippen LogP contribution in [0.5, 0.6) is 0 Å². The van der Waals surface area contributed by atoms with E-state index in [2.05, 4.69) is 0 Å². The second-order valence-corrected chi connectivity index (χ2v) is 5.35. The molecule has 0 unspecified atom stereocenters. The quantitative estimate of drug-likeness (QED) is 0.604. The van der Waals surface area contributed by atoms with Gasteiger partial charge in [0, 0.05) is 19.2 Å². The lowest BCUT2D eigenvalue weighted by Crippen LogP contribution is -2.33. The van der Waals surface area contributed by atoms with E-state index in [1.54, 1.807) is 6.92 Å². The van der Waals surface area contributed by atoms with Gasteiger partial charge in [0.25, 0.3) is 5.69 Å². The largest absolute Gasteiger partial charge is 0.395 e. The summed E-state index contributed by atoms with van der Waals surface area (Å²) in [6.45, 7) is 1.30. The molecule has 0 atom stereocenters. The molecule has 1 rings (SSSR count). The third-order valence-electron chi connectivity index (χ3n) is 2.38. The van der Waals surface area contributed by atoms with Crippen molar-refractivity contribution in [2.75, 3.05) is 19.7 Å². The molecule has 0 saturated carbocycles. The summed E-state index contributed by atoms with van der Waals surface area (Å²) < 4.78 is 25.4. The van der Waals surface area contributed by atoms with Gasteiger partial charge in [-0.1, -0.05) is 19.1 Å². The number of aliphatic hydroxyl groups is 1. The maximum atomic E-state index is 12.2. The highest BCUT2D eigenvalue weighted by molar-refractivity contribution is 7.89. The Morgan fingerprint density at radius 3 is 2.50 bits per heavy atom. The predicted molar refractivity (Wildman–Crippen MR) is 64.6 cm³/mol. The van der Waals surface area contributed by atoms with Gasteiger partial charge in [0.1, 0.15) is 0 Å². The van der Waals surface area contributed by atoms with Gasteiger partial charge in [-0.2, -0.15) is 4.31 Å². The Bertz CT molecular complexity index is 529. The first-order valence-electron chi connectivity index (χ1n) is 5.29. The molecule has 1 N–H and O–H groups in total. The van der Waals surface area contributed by atoms with E-state index in [-0.39, 0.29) is 24.6 Å². The Labute approximate surface area is 105 Å². The van der Waals surface area contributed by atoms with E-state index in [9.17, 15) is 18.5 Å². The molecule has 18 heavy (non-hydrogen) atoms. The third-order valence-corrected chi connectivity index (χ3v) is 4.40. The van der Waals surface area contributed by atoms with Crippen molar-refractivity contribution in [2.45, 2.75) is 11.8 Å². The molecule has 8 heteroatoms. The van der Waals surface area contributed by atoms with Crippen LogP contribution in [0.1, 0.15) is 6.92 Å². The van der Waals surface area contributed by atoms with Gasteiger partial charge < -0.3 is 5.11 Å². The maximum absolute atomic E-state index is 12.2. The number of benzene rings is 1. The molecule has 0 aliphatic carbocycles. The molecule has 0 aromatic heterocycles. The van der Waals surface area contributed by atoms with E-state index in [4.69, 9.17) is 5.11 Å². The number of nitro groups is 1. The minimum Gasteiger partial charge on any atom is -0.395 e. The second-order valence-electron chi connectivity index (χ2n) is 3.45. The van der Waals surface area contributed by atoms with E-state index >= 15 is 0 Å². The molecular weight excluding hydrogens is 260 g/mol. The van der Waals surface area contributed by atoms with Gasteiger partial charge in [-0.05, 0) is 6.07 Å². The van der Waals surface area contributed by atoms with Crippen LogP contribution < -0.4 is 0 Å². The van der Waals surface area contributed by atoms with Crippen molar-refractivity contribution in [3.05, 3.63) is 34.4 Å². The molecule has 0 spiro atoms. The highest BCUT2D eigenvalue weighted by Crippen LogP contribution is 2.25. The van der Waals surface area contributed by atoms with Crippen molar-refractivity contribution in [3.8, 4) is 0 Å². The molecule has 100 valence electrons. The zero-order valence-electron chi connectivity index (χ0n) is 9.81. The van der Waals surface area contributed by atoms with Crippen molar-refractivity contribution >= 4 is 15.7 Å². The third kappa shape index (κ3) is 2.84. The molecule has 1 aromatic carbocycles. The summed E-state index contributed by atoms with van der Waals surface area (Å²) >= 11 is 0. The summed E-state index contributed by atoms with van der Waals surface area (Å²) in [7, 11) is -3.96. The van der Waals surface area contributed by atoms with Gasteiger partial charge in [-0.15, -0.1) is 0 Å². The molecule has 0 radical (unpaired) electrons. The van der Waals surface area contributed by atoms with Crippen LogP contribution in [0.2, 0.25) is 0 Å². The normalized spacial score (nSPS) is 11.7. The molecule has 0 fully saturated rings. The van der Waals surface area contributed by atoms with Gasteiger partial charge in [0.2, 0.25) is 10.0 Å². The molecular formula is C10H14N2O5S. The van der Waals surface area contributed by atoms with Crippen LogP contribution in [-0.2, 0) is 10.0 Å². The summed E-state index contributed by atoms with van der Waals surface area (Å²) in [5.74, 6) is 0. The Morgan fingerprint density at radius 1 is 1.39 bits per heavy atom. The van der Waals surface area contributed by atoms with Gasteiger partial charge >= 0.3 is 0 Å². The fourth-order valence-electron chi connectivity index (χ4n) is 1.52. The summed E-state index contributed by atoms with van der Waals surface area (Å²) in [5, 5.41) is 19.6. The number of hydrogen-bond acceptors (Lipinski definition) is 5. The van der Waals surface area contributed by atoms with E-state index in [0.717, 1.165) is 10.4 Å². The van der Waals surface area contributed by atoms with E-state index in [1.807, 2.05) is 0 Å². The number of aliphatic hydroxyl groups excluding tert-OH is 1. The summed E-state index contributed by atoms with van der Waals surface area (Å²) in [6, 6.07) is 5.15. The maximum Gasteiger partial charge on any atom is 0.289 e. The number of hydrogen-bond donors (Lipinski definition) is 1. The van der Waals surface area contributed by atoms with Crippen molar-refractivity contribution in [3.63, 3.8) is 0 Å². The second kappa shape index (κ2) is 5.89. The first-order chi connectivity index (χ1) is 8.45. The molecule has 0 aliphatic heterocycles. The molecule has 0 amide bonds. The highest BCUT2D eigenvalue weighted by Gasteiger charge is 2.29. The lowest BCUT2D eigenvalue weighted by Gasteiger charge is -2.19. The van der Waals surface area contributed by atoms with E-state index in [1.165, 1.54) is 18.2 Å². The fourth-order valence-corrected chi connectivity index (χ4v) is 3.12. The smallest absolute Gasteiger partial charge is 0.289 e. The number of rotatable bonds is 6. The highest BCUT2D eigenvalue weighted by atomic mass is 32.2. The van der Waals surface area contributed by atoms with E-state index < -0.39 is 20.6 Å². The molecule has 7 nitrogen and oxygen atoms in total. The monoisotopic (exact) mass is 274 g/mol. The van der Waals surface area contributed by atoms with E-state index in [0.29, 0.717) is 0 Å². The minimum atomic E-state index is -3.96. The molecule has 0 aliphatic rings. The first-order valence-corrected chi connectivity index (χ1v) is 6.73. The summed E-state index contributed by atoms with van der Waals surface area (Å²) in [6.07, 6.45) is 0. The Hall–Kier alpha value is -1.51. The first kappa shape index (κ1) is 14.6. The molecule has 0 saturated heterocycles. The standard InChI is InChI=1S/C10H14N2O5S/c1-2-11(7-8-13)18(16,17)10-6-4-3-5-9(10)12(14)15/h3-6,13H,2,7-8H2,1H3. The number of para-hydroxylation sites is 1. The number of nitro benzene ring substituents is 1. The predicted octanol–water partition coefficient (Wildman–Crippen LogP) is 0.598. The van der Waals surface area contributed by atoms with Crippen molar-refractivity contribution in [2.24, 2.45) is 0 Å². The van der Waals surface area contributed by atoms with Crippen LogP contribution >= 0.6 is 0 Å². The lowest BCUT2D eigenvalue weighted by molar-refractivity contribution is -0.387. The zero-order chi connectivity index (χ0) is 13.8. The lowest BCUT2D eigenvalue weighted by atomic mass is 10.3. The number of nitrogens with zero attached hydrogens (tertiary/aromatic N) is 2. The number of sulfonamides is 1. The average Bonchev–Trinajstić information content (AvgIpc) is 2.35. The zero-order valence-corrected chi connectivity index (χ0v) is 10.6. The Morgan fingerprint density at radius 2 is 2.00 bits per heavy atom. The van der Waals surface area contributed by atoms with Gasteiger partial charge in [0.05, 0.1) is 11.5 Å². The summed E-state index contributed by atoms with van der Waals surface area (Å²) in [4.78, 5) is 9.72. The van der Waals surface area contributed by atoms with Gasteiger partial charge in [0.15, 0.2) is 4.90 Å². The summed E-state index contributed by atoms with van der Waals surface area (Å²) in [5.41, 5.74) is -0.464. The van der Waals surface area contributed by atoms with Crippen LogP contribution in [0, 0.1) is 10.1 Å². The van der Waals surface area contributed by atoms with Crippen molar-refractivity contribution < 1.29 is 18.4 Å². The Kier molecular flexibility index (Phi) is 4.76. The minimum absolute atomic E-state index is 0.0924. The van der Waals surface area contributed by atoms with Crippen LogP contribution in [0.25, 0.3) is 0 Å². The van der Waals surface area contributed by atoms with Gasteiger partial charge in [-0.25, -0.2) is 8.42 Å².